The number of benzene rings is 2. The molecule has 2 N–H and O–H groups in total. The van der Waals surface area contributed by atoms with E-state index < -0.39 is 6.10 Å². The van der Waals surface area contributed by atoms with Crippen molar-refractivity contribution in [2.45, 2.75) is 91.9 Å². The van der Waals surface area contributed by atoms with Crippen molar-refractivity contribution in [2.75, 3.05) is 13.2 Å². The first-order valence-electron chi connectivity index (χ1n) is 12.8. The summed E-state index contributed by atoms with van der Waals surface area (Å²) in [7, 11) is 0. The Morgan fingerprint density at radius 1 is 0.970 bits per heavy atom. The van der Waals surface area contributed by atoms with Gasteiger partial charge in [-0.2, -0.15) is 0 Å². The lowest BCUT2D eigenvalue weighted by Gasteiger charge is -2.32. The number of hydrogen-bond donors (Lipinski definition) is 2. The van der Waals surface area contributed by atoms with Crippen LogP contribution >= 0.6 is 0 Å². The van der Waals surface area contributed by atoms with Gasteiger partial charge in [0.25, 0.3) is 0 Å². The van der Waals surface area contributed by atoms with Gasteiger partial charge in [-0.05, 0) is 74.1 Å². The molecule has 2 rings (SSSR count). The predicted octanol–water partition coefficient (Wildman–Crippen LogP) is 6.66. The van der Waals surface area contributed by atoms with Crippen LogP contribution in [0.1, 0.15) is 82.7 Å². The van der Waals surface area contributed by atoms with Crippen LogP contribution in [0.15, 0.2) is 48.5 Å². The van der Waals surface area contributed by atoms with Crippen LogP contribution < -0.4 is 5.32 Å². The average molecular weight is 454 g/mol. The zero-order valence-electron chi connectivity index (χ0n) is 22.0. The summed E-state index contributed by atoms with van der Waals surface area (Å²) in [5, 5.41) is 14.3. The highest BCUT2D eigenvalue weighted by molar-refractivity contribution is 5.29. The number of aryl methyl sites for hydroxylation is 2. The smallest absolute Gasteiger partial charge is 0.0898 e. The van der Waals surface area contributed by atoms with Gasteiger partial charge >= 0.3 is 0 Å². The molecule has 0 aliphatic heterocycles. The lowest BCUT2D eigenvalue weighted by atomic mass is 9.86. The minimum absolute atomic E-state index is 0.0166. The van der Waals surface area contributed by atoms with Gasteiger partial charge in [-0.15, -0.1) is 0 Å². The summed E-state index contributed by atoms with van der Waals surface area (Å²) in [5.41, 5.74) is 5.34. The number of ether oxygens (including phenoxy) is 1. The summed E-state index contributed by atoms with van der Waals surface area (Å²) in [6.45, 7) is 16.5. The van der Waals surface area contributed by atoms with Crippen molar-refractivity contribution >= 4 is 0 Å². The molecular formula is C30H47NO2. The Balaban J connectivity index is 1.88. The number of hydrogen-bond acceptors (Lipinski definition) is 3. The molecule has 2 aromatic rings. The van der Waals surface area contributed by atoms with Crippen molar-refractivity contribution in [3.05, 3.63) is 70.8 Å². The van der Waals surface area contributed by atoms with Crippen molar-refractivity contribution in [1.29, 1.82) is 0 Å². The molecule has 0 heterocycles. The summed E-state index contributed by atoms with van der Waals surface area (Å²) in [6, 6.07) is 17.2. The molecular weight excluding hydrogens is 406 g/mol. The third-order valence-corrected chi connectivity index (χ3v) is 6.88. The summed E-state index contributed by atoms with van der Waals surface area (Å²) < 4.78 is 6.33. The van der Waals surface area contributed by atoms with Crippen LogP contribution in [0.5, 0.6) is 0 Å². The predicted molar refractivity (Wildman–Crippen MR) is 141 cm³/mol. The van der Waals surface area contributed by atoms with Crippen LogP contribution in [-0.2, 0) is 17.6 Å². The number of β-amino-alcohol motifs (C(OH)–C–C–N with tert-alkyl or cyclic N) is 1. The van der Waals surface area contributed by atoms with Crippen LogP contribution in [0.4, 0.5) is 0 Å². The second-order valence-electron chi connectivity index (χ2n) is 10.6. The van der Waals surface area contributed by atoms with Crippen LogP contribution in [0.3, 0.4) is 0 Å². The standard InChI is InChI=1S/C30H47NO2/c1-8-23(4)29(28-17-13-12-15-25(28)9-2)33-21-27(32)20-31-30(6,7)19-22(3)18-26-16-11-10-14-24(26)5/h10-17,22-23,27,29,31-32H,8-9,18-21H2,1-7H3/t22?,23?,27-,29+/m1/s1. The van der Waals surface area contributed by atoms with Crippen molar-refractivity contribution in [3.63, 3.8) is 0 Å². The summed E-state index contributed by atoms with van der Waals surface area (Å²) >= 11 is 0. The Labute approximate surface area is 203 Å². The zero-order chi connectivity index (χ0) is 24.4. The van der Waals surface area contributed by atoms with Crippen molar-refractivity contribution in [3.8, 4) is 0 Å². The van der Waals surface area contributed by atoms with Gasteiger partial charge in [0.15, 0.2) is 0 Å². The molecule has 0 fully saturated rings. The van der Waals surface area contributed by atoms with E-state index in [0.717, 1.165) is 25.7 Å². The SMILES string of the molecule is CCc1ccccc1[C@@H](OC[C@H](O)CNC(C)(C)CC(C)Cc1ccccc1C)C(C)CC. The Bertz CT molecular complexity index is 832. The van der Waals surface area contributed by atoms with Crippen molar-refractivity contribution in [2.24, 2.45) is 11.8 Å². The lowest BCUT2D eigenvalue weighted by molar-refractivity contribution is -0.0354. The van der Waals surface area contributed by atoms with Gasteiger partial charge in [-0.25, -0.2) is 0 Å². The molecule has 0 bridgehead atoms. The van der Waals surface area contributed by atoms with E-state index in [4.69, 9.17) is 4.74 Å². The number of aliphatic hydroxyl groups excluding tert-OH is 1. The largest absolute Gasteiger partial charge is 0.389 e. The molecule has 0 amide bonds. The summed E-state index contributed by atoms with van der Waals surface area (Å²) in [6.07, 6.45) is 3.65. The van der Waals surface area contributed by atoms with Gasteiger partial charge in [-0.3, -0.25) is 0 Å². The minimum atomic E-state index is -0.531. The Morgan fingerprint density at radius 2 is 1.61 bits per heavy atom. The van der Waals surface area contributed by atoms with E-state index in [9.17, 15) is 5.11 Å². The molecule has 0 saturated carbocycles. The average Bonchev–Trinajstić information content (AvgIpc) is 2.79. The van der Waals surface area contributed by atoms with Gasteiger partial charge in [0.1, 0.15) is 0 Å². The fraction of sp³-hybridized carbons (Fsp3) is 0.600. The quantitative estimate of drug-likeness (QED) is 0.336. The number of aliphatic hydroxyl groups is 1. The molecule has 0 aliphatic rings. The molecule has 2 aromatic carbocycles. The molecule has 184 valence electrons. The van der Waals surface area contributed by atoms with Crippen molar-refractivity contribution < 1.29 is 9.84 Å². The van der Waals surface area contributed by atoms with Crippen LogP contribution in [0.25, 0.3) is 0 Å². The fourth-order valence-corrected chi connectivity index (χ4v) is 4.81. The second kappa shape index (κ2) is 13.3. The van der Waals surface area contributed by atoms with E-state index in [-0.39, 0.29) is 11.6 Å². The molecule has 4 atom stereocenters. The van der Waals surface area contributed by atoms with Gasteiger partial charge in [-0.1, -0.05) is 82.6 Å². The van der Waals surface area contributed by atoms with Crippen LogP contribution in [-0.4, -0.2) is 29.9 Å². The highest BCUT2D eigenvalue weighted by Gasteiger charge is 2.25. The van der Waals surface area contributed by atoms with Crippen LogP contribution in [0.2, 0.25) is 0 Å². The maximum absolute atomic E-state index is 10.7. The van der Waals surface area contributed by atoms with Gasteiger partial charge in [0, 0.05) is 12.1 Å². The fourth-order valence-electron chi connectivity index (χ4n) is 4.81. The molecule has 0 spiro atoms. The van der Waals surface area contributed by atoms with Gasteiger partial charge < -0.3 is 15.2 Å². The molecule has 3 heteroatoms. The first-order chi connectivity index (χ1) is 15.7. The Morgan fingerprint density at radius 3 is 2.24 bits per heavy atom. The number of rotatable bonds is 14. The molecule has 33 heavy (non-hydrogen) atoms. The summed E-state index contributed by atoms with van der Waals surface area (Å²) in [4.78, 5) is 0. The topological polar surface area (TPSA) is 41.5 Å². The first-order valence-corrected chi connectivity index (χ1v) is 12.8. The zero-order valence-corrected chi connectivity index (χ0v) is 22.0. The summed E-state index contributed by atoms with van der Waals surface area (Å²) in [5.74, 6) is 0.957. The van der Waals surface area contributed by atoms with Crippen molar-refractivity contribution in [1.82, 2.24) is 5.32 Å². The molecule has 0 radical (unpaired) electrons. The van der Waals surface area contributed by atoms with E-state index in [1.165, 1.54) is 22.3 Å². The van der Waals surface area contributed by atoms with E-state index in [0.29, 0.717) is 25.0 Å². The third kappa shape index (κ3) is 8.88. The molecule has 3 nitrogen and oxygen atoms in total. The van der Waals surface area contributed by atoms with E-state index in [1.54, 1.807) is 0 Å². The number of nitrogens with one attached hydrogen (secondary N) is 1. The molecule has 0 aromatic heterocycles. The maximum atomic E-state index is 10.7. The van der Waals surface area contributed by atoms with Gasteiger partial charge in [0.2, 0.25) is 0 Å². The van der Waals surface area contributed by atoms with E-state index >= 15 is 0 Å². The van der Waals surface area contributed by atoms with Gasteiger partial charge in [0.05, 0.1) is 18.8 Å². The second-order valence-corrected chi connectivity index (χ2v) is 10.6. The monoisotopic (exact) mass is 453 g/mol. The first kappa shape index (κ1) is 27.6. The molecule has 0 saturated heterocycles. The highest BCUT2D eigenvalue weighted by atomic mass is 16.5. The van der Waals surface area contributed by atoms with E-state index in [2.05, 4.69) is 102 Å². The Kier molecular flexibility index (Phi) is 11.1. The molecule has 2 unspecified atom stereocenters. The highest BCUT2D eigenvalue weighted by Crippen LogP contribution is 2.31. The minimum Gasteiger partial charge on any atom is -0.389 e. The van der Waals surface area contributed by atoms with E-state index in [1.807, 2.05) is 0 Å². The van der Waals surface area contributed by atoms with Crippen LogP contribution in [0, 0.1) is 18.8 Å². The lowest BCUT2D eigenvalue weighted by Crippen LogP contribution is -2.45. The normalized spacial score (nSPS) is 15.8. The molecule has 0 aliphatic carbocycles. The third-order valence-electron chi connectivity index (χ3n) is 6.88. The Hall–Kier alpha value is -1.68. The maximum Gasteiger partial charge on any atom is 0.0898 e.